The monoisotopic (exact) mass is 226 g/mol. The third-order valence-electron chi connectivity index (χ3n) is 4.39. The van der Waals surface area contributed by atoms with Gasteiger partial charge in [-0.3, -0.25) is 4.90 Å². The molecule has 0 bridgehead atoms. The van der Waals surface area contributed by atoms with Crippen LogP contribution in [0.4, 0.5) is 0 Å². The molecule has 0 spiro atoms. The van der Waals surface area contributed by atoms with Crippen molar-refractivity contribution in [2.45, 2.75) is 56.7 Å². The third kappa shape index (κ3) is 2.76. The molecule has 16 heavy (non-hydrogen) atoms. The standard InChI is InChI=1S/C13H26N2O/c1-14-12-5-3-4-6-13(12)15(2)11-7-9-16-10-8-11/h11-14H,3-10H2,1-2H3. The molecular weight excluding hydrogens is 200 g/mol. The van der Waals surface area contributed by atoms with Crippen molar-refractivity contribution in [1.82, 2.24) is 10.2 Å². The first-order chi connectivity index (χ1) is 7.83. The van der Waals surface area contributed by atoms with Crippen LogP contribution >= 0.6 is 0 Å². The van der Waals surface area contributed by atoms with Crippen LogP contribution in [0.1, 0.15) is 38.5 Å². The first-order valence-electron chi connectivity index (χ1n) is 6.80. The Hall–Kier alpha value is -0.120. The molecular formula is C13H26N2O. The lowest BCUT2D eigenvalue weighted by atomic mass is 9.88. The summed E-state index contributed by atoms with van der Waals surface area (Å²) in [6.07, 6.45) is 7.92. The summed E-state index contributed by atoms with van der Waals surface area (Å²) in [6, 6.07) is 2.18. The molecule has 0 amide bonds. The van der Waals surface area contributed by atoms with Gasteiger partial charge in [-0.1, -0.05) is 12.8 Å². The van der Waals surface area contributed by atoms with Gasteiger partial charge in [0.15, 0.2) is 0 Å². The fraction of sp³-hybridized carbons (Fsp3) is 1.00. The highest BCUT2D eigenvalue weighted by molar-refractivity contribution is 4.89. The van der Waals surface area contributed by atoms with Crippen LogP contribution in [0.5, 0.6) is 0 Å². The van der Waals surface area contributed by atoms with Gasteiger partial charge in [0.1, 0.15) is 0 Å². The average molecular weight is 226 g/mol. The normalized spacial score (nSPS) is 33.2. The summed E-state index contributed by atoms with van der Waals surface area (Å²) in [7, 11) is 4.43. The molecule has 2 rings (SSSR count). The van der Waals surface area contributed by atoms with E-state index in [1.807, 2.05) is 0 Å². The molecule has 3 nitrogen and oxygen atoms in total. The number of likely N-dealkylation sites (N-methyl/N-ethyl adjacent to an activating group) is 2. The van der Waals surface area contributed by atoms with E-state index in [1.165, 1.54) is 38.5 Å². The van der Waals surface area contributed by atoms with Gasteiger partial charge in [0.2, 0.25) is 0 Å². The summed E-state index contributed by atoms with van der Waals surface area (Å²) in [5.41, 5.74) is 0. The molecule has 2 atom stereocenters. The van der Waals surface area contributed by atoms with Gasteiger partial charge in [0, 0.05) is 31.3 Å². The number of nitrogens with one attached hydrogen (secondary N) is 1. The zero-order valence-corrected chi connectivity index (χ0v) is 10.7. The molecule has 1 aliphatic carbocycles. The van der Waals surface area contributed by atoms with E-state index in [2.05, 4.69) is 24.3 Å². The van der Waals surface area contributed by atoms with Crippen molar-refractivity contribution in [1.29, 1.82) is 0 Å². The van der Waals surface area contributed by atoms with E-state index in [-0.39, 0.29) is 0 Å². The maximum Gasteiger partial charge on any atom is 0.0480 e. The summed E-state index contributed by atoms with van der Waals surface area (Å²) >= 11 is 0. The van der Waals surface area contributed by atoms with Crippen molar-refractivity contribution in [2.75, 3.05) is 27.3 Å². The van der Waals surface area contributed by atoms with Gasteiger partial charge >= 0.3 is 0 Å². The Morgan fingerprint density at radius 1 is 1.06 bits per heavy atom. The highest BCUT2D eigenvalue weighted by Crippen LogP contribution is 2.26. The van der Waals surface area contributed by atoms with Crippen molar-refractivity contribution in [3.63, 3.8) is 0 Å². The fourth-order valence-electron chi connectivity index (χ4n) is 3.30. The fourth-order valence-corrected chi connectivity index (χ4v) is 3.30. The average Bonchev–Trinajstić information content (AvgIpc) is 2.39. The van der Waals surface area contributed by atoms with Crippen LogP contribution in [0.15, 0.2) is 0 Å². The summed E-state index contributed by atoms with van der Waals surface area (Å²) < 4.78 is 5.45. The molecule has 0 aromatic rings. The molecule has 3 heteroatoms. The molecule has 2 unspecified atom stereocenters. The maximum absolute atomic E-state index is 5.45. The van der Waals surface area contributed by atoms with Gasteiger partial charge in [-0.2, -0.15) is 0 Å². The molecule has 0 radical (unpaired) electrons. The quantitative estimate of drug-likeness (QED) is 0.791. The molecule has 0 aromatic heterocycles. The third-order valence-corrected chi connectivity index (χ3v) is 4.39. The SMILES string of the molecule is CNC1CCCCC1N(C)C1CCOCC1. The van der Waals surface area contributed by atoms with Gasteiger partial charge in [0.25, 0.3) is 0 Å². The Bertz CT molecular complexity index is 204. The van der Waals surface area contributed by atoms with Crippen molar-refractivity contribution in [3.05, 3.63) is 0 Å². The van der Waals surface area contributed by atoms with E-state index >= 15 is 0 Å². The van der Waals surface area contributed by atoms with Crippen LogP contribution in [-0.4, -0.2) is 50.3 Å². The summed E-state index contributed by atoms with van der Waals surface area (Å²) in [5.74, 6) is 0. The lowest BCUT2D eigenvalue weighted by Gasteiger charge is -2.43. The minimum Gasteiger partial charge on any atom is -0.381 e. The molecule has 1 N–H and O–H groups in total. The minimum atomic E-state index is 0.696. The van der Waals surface area contributed by atoms with Crippen molar-refractivity contribution < 1.29 is 4.74 Å². The van der Waals surface area contributed by atoms with Gasteiger partial charge in [0.05, 0.1) is 0 Å². The van der Waals surface area contributed by atoms with E-state index in [1.54, 1.807) is 0 Å². The summed E-state index contributed by atoms with van der Waals surface area (Å²) in [4.78, 5) is 2.63. The Morgan fingerprint density at radius 2 is 1.75 bits per heavy atom. The Kier molecular flexibility index (Phi) is 4.62. The lowest BCUT2D eigenvalue weighted by molar-refractivity contribution is 0.0152. The summed E-state index contributed by atoms with van der Waals surface area (Å²) in [6.45, 7) is 1.90. The molecule has 0 aromatic carbocycles. The van der Waals surface area contributed by atoms with E-state index in [0.717, 1.165) is 25.3 Å². The molecule has 2 aliphatic rings. The molecule has 94 valence electrons. The van der Waals surface area contributed by atoms with Crippen LogP contribution in [0.3, 0.4) is 0 Å². The number of ether oxygens (including phenoxy) is 1. The van der Waals surface area contributed by atoms with E-state index in [4.69, 9.17) is 4.74 Å². The Balaban J connectivity index is 1.92. The van der Waals surface area contributed by atoms with Crippen molar-refractivity contribution in [3.8, 4) is 0 Å². The van der Waals surface area contributed by atoms with Crippen LogP contribution in [-0.2, 0) is 4.74 Å². The molecule has 1 heterocycles. The lowest BCUT2D eigenvalue weighted by Crippen LogP contribution is -2.53. The molecule has 1 saturated carbocycles. The zero-order valence-electron chi connectivity index (χ0n) is 10.7. The Labute approximate surface area is 99.5 Å². The first kappa shape index (κ1) is 12.3. The van der Waals surface area contributed by atoms with Gasteiger partial charge in [-0.05, 0) is 39.8 Å². The van der Waals surface area contributed by atoms with Crippen LogP contribution < -0.4 is 5.32 Å². The summed E-state index contributed by atoms with van der Waals surface area (Å²) in [5, 5.41) is 3.50. The zero-order chi connectivity index (χ0) is 11.4. The minimum absolute atomic E-state index is 0.696. The smallest absolute Gasteiger partial charge is 0.0480 e. The number of hydrogen-bond acceptors (Lipinski definition) is 3. The Morgan fingerprint density at radius 3 is 2.44 bits per heavy atom. The number of nitrogens with zero attached hydrogens (tertiary/aromatic N) is 1. The van der Waals surface area contributed by atoms with Crippen molar-refractivity contribution in [2.24, 2.45) is 0 Å². The number of rotatable bonds is 3. The van der Waals surface area contributed by atoms with Gasteiger partial charge < -0.3 is 10.1 Å². The first-order valence-corrected chi connectivity index (χ1v) is 6.80. The highest BCUT2D eigenvalue weighted by atomic mass is 16.5. The van der Waals surface area contributed by atoms with E-state index < -0.39 is 0 Å². The predicted octanol–water partition coefficient (Wildman–Crippen LogP) is 1.63. The van der Waals surface area contributed by atoms with Crippen molar-refractivity contribution >= 4 is 0 Å². The largest absolute Gasteiger partial charge is 0.381 e. The van der Waals surface area contributed by atoms with Crippen LogP contribution in [0, 0.1) is 0 Å². The van der Waals surface area contributed by atoms with Gasteiger partial charge in [-0.15, -0.1) is 0 Å². The molecule has 2 fully saturated rings. The molecule has 1 saturated heterocycles. The highest BCUT2D eigenvalue weighted by Gasteiger charge is 2.31. The number of hydrogen-bond donors (Lipinski definition) is 1. The topological polar surface area (TPSA) is 24.5 Å². The predicted molar refractivity (Wildman–Crippen MR) is 66.7 cm³/mol. The maximum atomic E-state index is 5.45. The molecule has 1 aliphatic heterocycles. The van der Waals surface area contributed by atoms with Crippen LogP contribution in [0.2, 0.25) is 0 Å². The van der Waals surface area contributed by atoms with Crippen LogP contribution in [0.25, 0.3) is 0 Å². The van der Waals surface area contributed by atoms with E-state index in [9.17, 15) is 0 Å². The second-order valence-corrected chi connectivity index (χ2v) is 5.26. The second kappa shape index (κ2) is 5.99. The van der Waals surface area contributed by atoms with E-state index in [0.29, 0.717) is 6.04 Å². The van der Waals surface area contributed by atoms with Gasteiger partial charge in [-0.25, -0.2) is 0 Å². The second-order valence-electron chi connectivity index (χ2n) is 5.26.